The summed E-state index contributed by atoms with van der Waals surface area (Å²) in [6.07, 6.45) is 4.22. The van der Waals surface area contributed by atoms with Gasteiger partial charge in [0.25, 0.3) is 5.91 Å². The molecule has 1 aromatic carbocycles. The van der Waals surface area contributed by atoms with Gasteiger partial charge in [-0.05, 0) is 36.2 Å². The van der Waals surface area contributed by atoms with Gasteiger partial charge in [0.1, 0.15) is 5.69 Å². The van der Waals surface area contributed by atoms with Crippen LogP contribution in [0.2, 0.25) is 0 Å². The number of amides is 1. The van der Waals surface area contributed by atoms with Crippen molar-refractivity contribution in [2.75, 3.05) is 26.1 Å². The molecule has 0 saturated carbocycles. The Hall–Kier alpha value is -3.13. The number of methoxy groups -OCH3 is 2. The minimum atomic E-state index is -0.194. The summed E-state index contributed by atoms with van der Waals surface area (Å²) in [4.78, 5) is 20.6. The van der Waals surface area contributed by atoms with Gasteiger partial charge >= 0.3 is 0 Å². The molecule has 3 aromatic rings. The summed E-state index contributed by atoms with van der Waals surface area (Å²) in [5, 5.41) is 8.40. The number of hydrogen-bond donors (Lipinski definition) is 2. The number of carbonyl (C=O) groups excluding carboxylic acids is 1. The third-order valence-corrected chi connectivity index (χ3v) is 4.58. The molecule has 0 radical (unpaired) electrons. The number of hydrogen-bond acceptors (Lipinski definition) is 7. The van der Waals surface area contributed by atoms with Gasteiger partial charge in [-0.25, -0.2) is 4.98 Å². The molecule has 7 nitrogen and oxygen atoms in total. The highest BCUT2D eigenvalue weighted by Crippen LogP contribution is 2.31. The van der Waals surface area contributed by atoms with E-state index < -0.39 is 0 Å². The number of pyridine rings is 1. The molecule has 3 rings (SSSR count). The lowest BCUT2D eigenvalue weighted by molar-refractivity contribution is 0.0950. The Labute approximate surface area is 161 Å². The molecule has 0 fully saturated rings. The molecule has 0 aliphatic carbocycles. The van der Waals surface area contributed by atoms with Gasteiger partial charge in [0.15, 0.2) is 16.6 Å². The first-order valence-corrected chi connectivity index (χ1v) is 9.19. The van der Waals surface area contributed by atoms with Crippen molar-refractivity contribution in [2.24, 2.45) is 0 Å². The second kappa shape index (κ2) is 9.00. The lowest BCUT2D eigenvalue weighted by atomic mass is 10.2. The minimum Gasteiger partial charge on any atom is -0.493 e. The van der Waals surface area contributed by atoms with E-state index in [1.165, 1.54) is 11.3 Å². The summed E-state index contributed by atoms with van der Waals surface area (Å²) < 4.78 is 10.5. The first kappa shape index (κ1) is 18.7. The third kappa shape index (κ3) is 4.95. The highest BCUT2D eigenvalue weighted by atomic mass is 32.1. The molecule has 0 saturated heterocycles. The van der Waals surface area contributed by atoms with Crippen molar-refractivity contribution in [1.29, 1.82) is 0 Å². The summed E-state index contributed by atoms with van der Waals surface area (Å²) in [5.41, 5.74) is 2.31. The largest absolute Gasteiger partial charge is 0.493 e. The molecule has 2 heterocycles. The van der Waals surface area contributed by atoms with E-state index in [0.717, 1.165) is 17.7 Å². The number of carbonyl (C=O) groups is 1. The molecular weight excluding hydrogens is 364 g/mol. The lowest BCUT2D eigenvalue weighted by Gasteiger charge is -2.09. The van der Waals surface area contributed by atoms with Crippen LogP contribution in [0.15, 0.2) is 48.1 Å². The standard InChI is InChI=1S/C19H20N4O3S/c1-25-16-4-3-14(11-17(16)26-2)22-19-23-15(12-27-19)18(24)21-10-7-13-5-8-20-9-6-13/h3-6,8-9,11-12H,7,10H2,1-2H3,(H,21,24)(H,22,23). The van der Waals surface area contributed by atoms with Gasteiger partial charge in [0, 0.05) is 36.1 Å². The number of nitrogens with one attached hydrogen (secondary N) is 2. The molecule has 27 heavy (non-hydrogen) atoms. The fourth-order valence-electron chi connectivity index (χ4n) is 2.43. The fraction of sp³-hybridized carbons (Fsp3) is 0.211. The van der Waals surface area contributed by atoms with E-state index in [9.17, 15) is 4.79 Å². The van der Waals surface area contributed by atoms with Crippen molar-refractivity contribution in [2.45, 2.75) is 6.42 Å². The van der Waals surface area contributed by atoms with Gasteiger partial charge in [0.05, 0.1) is 14.2 Å². The van der Waals surface area contributed by atoms with Crippen molar-refractivity contribution in [1.82, 2.24) is 15.3 Å². The number of nitrogens with zero attached hydrogens (tertiary/aromatic N) is 2. The molecule has 0 unspecified atom stereocenters. The fourth-order valence-corrected chi connectivity index (χ4v) is 3.14. The normalized spacial score (nSPS) is 10.3. The van der Waals surface area contributed by atoms with Crippen LogP contribution in [0.1, 0.15) is 16.1 Å². The zero-order valence-electron chi connectivity index (χ0n) is 15.1. The monoisotopic (exact) mass is 384 g/mol. The van der Waals surface area contributed by atoms with Crippen molar-refractivity contribution < 1.29 is 14.3 Å². The molecule has 2 aromatic heterocycles. The molecule has 1 amide bonds. The van der Waals surface area contributed by atoms with Crippen LogP contribution < -0.4 is 20.1 Å². The number of aromatic nitrogens is 2. The number of rotatable bonds is 8. The number of anilines is 2. The molecule has 0 aliphatic heterocycles. The van der Waals surface area contributed by atoms with Gasteiger partial charge in [-0.2, -0.15) is 0 Å². The van der Waals surface area contributed by atoms with Crippen LogP contribution in [0, 0.1) is 0 Å². The summed E-state index contributed by atoms with van der Waals surface area (Å²) in [7, 11) is 3.17. The number of ether oxygens (including phenoxy) is 2. The Balaban J connectivity index is 1.57. The van der Waals surface area contributed by atoms with Gasteiger partial charge < -0.3 is 20.1 Å². The van der Waals surface area contributed by atoms with E-state index in [-0.39, 0.29) is 5.91 Å². The highest BCUT2D eigenvalue weighted by Gasteiger charge is 2.11. The highest BCUT2D eigenvalue weighted by molar-refractivity contribution is 7.14. The lowest BCUT2D eigenvalue weighted by Crippen LogP contribution is -2.25. The van der Waals surface area contributed by atoms with Crippen LogP contribution in [0.3, 0.4) is 0 Å². The van der Waals surface area contributed by atoms with E-state index in [2.05, 4.69) is 20.6 Å². The second-order valence-corrected chi connectivity index (χ2v) is 6.45. The van der Waals surface area contributed by atoms with Crippen LogP contribution in [0.5, 0.6) is 11.5 Å². The average molecular weight is 384 g/mol. The summed E-state index contributed by atoms with van der Waals surface area (Å²) >= 11 is 1.36. The van der Waals surface area contributed by atoms with E-state index >= 15 is 0 Å². The van der Waals surface area contributed by atoms with E-state index in [4.69, 9.17) is 9.47 Å². The molecule has 8 heteroatoms. The van der Waals surface area contributed by atoms with Crippen LogP contribution in [-0.4, -0.2) is 36.6 Å². The Bertz CT molecular complexity index is 899. The van der Waals surface area contributed by atoms with E-state index in [1.54, 1.807) is 32.0 Å². The van der Waals surface area contributed by atoms with Gasteiger partial charge in [-0.15, -0.1) is 11.3 Å². The van der Waals surface area contributed by atoms with Crippen molar-refractivity contribution in [3.63, 3.8) is 0 Å². The van der Waals surface area contributed by atoms with Gasteiger partial charge in [-0.3, -0.25) is 9.78 Å². The number of benzene rings is 1. The molecule has 0 atom stereocenters. The van der Waals surface area contributed by atoms with Crippen molar-refractivity contribution in [3.05, 3.63) is 59.4 Å². The first-order chi connectivity index (χ1) is 13.2. The topological polar surface area (TPSA) is 85.4 Å². The summed E-state index contributed by atoms with van der Waals surface area (Å²) in [5.74, 6) is 1.07. The zero-order valence-corrected chi connectivity index (χ0v) is 15.9. The predicted molar refractivity (Wildman–Crippen MR) is 105 cm³/mol. The Morgan fingerprint density at radius 3 is 2.63 bits per heavy atom. The first-order valence-electron chi connectivity index (χ1n) is 8.31. The van der Waals surface area contributed by atoms with Crippen LogP contribution in [0.4, 0.5) is 10.8 Å². The maximum atomic E-state index is 12.2. The van der Waals surface area contributed by atoms with Gasteiger partial charge in [0.2, 0.25) is 0 Å². The summed E-state index contributed by atoms with van der Waals surface area (Å²) in [6, 6.07) is 9.34. The molecule has 0 spiro atoms. The van der Waals surface area contributed by atoms with Crippen LogP contribution in [-0.2, 0) is 6.42 Å². The molecular formula is C19H20N4O3S. The SMILES string of the molecule is COc1ccc(Nc2nc(C(=O)NCCc3ccncc3)cs2)cc1OC. The van der Waals surface area contributed by atoms with Crippen LogP contribution >= 0.6 is 11.3 Å². The quantitative estimate of drug-likeness (QED) is 0.620. The minimum absolute atomic E-state index is 0.194. The molecule has 2 N–H and O–H groups in total. The van der Waals surface area contributed by atoms with Crippen molar-refractivity contribution >= 4 is 28.1 Å². The smallest absolute Gasteiger partial charge is 0.270 e. The van der Waals surface area contributed by atoms with E-state index in [0.29, 0.717) is 28.9 Å². The number of thiazole rings is 1. The van der Waals surface area contributed by atoms with Crippen molar-refractivity contribution in [3.8, 4) is 11.5 Å². The molecule has 140 valence electrons. The molecule has 0 aliphatic rings. The summed E-state index contributed by atoms with van der Waals surface area (Å²) in [6.45, 7) is 0.540. The van der Waals surface area contributed by atoms with Crippen LogP contribution in [0.25, 0.3) is 0 Å². The Morgan fingerprint density at radius 2 is 1.89 bits per heavy atom. The van der Waals surface area contributed by atoms with Gasteiger partial charge in [-0.1, -0.05) is 0 Å². The zero-order chi connectivity index (χ0) is 19.1. The Kier molecular flexibility index (Phi) is 6.22. The molecule has 0 bridgehead atoms. The predicted octanol–water partition coefficient (Wildman–Crippen LogP) is 3.27. The Morgan fingerprint density at radius 1 is 1.11 bits per heavy atom. The third-order valence-electron chi connectivity index (χ3n) is 3.82. The maximum Gasteiger partial charge on any atom is 0.270 e. The second-order valence-electron chi connectivity index (χ2n) is 5.59. The average Bonchev–Trinajstić information content (AvgIpc) is 3.17. The van der Waals surface area contributed by atoms with E-state index in [1.807, 2.05) is 30.3 Å². The maximum absolute atomic E-state index is 12.2.